The molecule has 1 aromatic carbocycles. The third-order valence-electron chi connectivity index (χ3n) is 5.90. The van der Waals surface area contributed by atoms with Crippen LogP contribution in [0, 0.1) is 0 Å². The zero-order chi connectivity index (χ0) is 20.3. The van der Waals surface area contributed by atoms with Gasteiger partial charge in [0.05, 0.1) is 0 Å². The summed E-state index contributed by atoms with van der Waals surface area (Å²) in [4.78, 5) is 21.6. The van der Waals surface area contributed by atoms with E-state index in [9.17, 15) is 0 Å². The van der Waals surface area contributed by atoms with Crippen LogP contribution in [-0.2, 0) is 6.54 Å². The lowest BCUT2D eigenvalue weighted by molar-refractivity contribution is 0.445. The van der Waals surface area contributed by atoms with Crippen molar-refractivity contribution in [2.24, 2.45) is 0 Å². The molecule has 0 radical (unpaired) electrons. The monoisotopic (exact) mass is 423 g/mol. The molecule has 0 amide bonds. The summed E-state index contributed by atoms with van der Waals surface area (Å²) in [7, 11) is 0. The Morgan fingerprint density at radius 1 is 1.00 bits per heavy atom. The molecule has 30 heavy (non-hydrogen) atoms. The van der Waals surface area contributed by atoms with Gasteiger partial charge in [0.1, 0.15) is 5.82 Å². The van der Waals surface area contributed by atoms with Gasteiger partial charge in [-0.25, -0.2) is 19.9 Å². The maximum Gasteiger partial charge on any atom is 0.185 e. The molecule has 2 fully saturated rings. The van der Waals surface area contributed by atoms with Gasteiger partial charge in [-0.3, -0.25) is 0 Å². The number of piperidine rings is 1. The van der Waals surface area contributed by atoms with Gasteiger partial charge in [-0.1, -0.05) is 41.9 Å². The third-order valence-corrected chi connectivity index (χ3v) is 6.16. The standard InChI is InChI=1S/C22H26ClN7/c23-18-21(25-14-15-6-2-1-3-7-15)28-20-17(26-18)22(30-12-4-5-13-30)29-19(27-20)16-8-10-24-11-9-16/h1-3,6-7,16,24H,4-5,8-14H2,(H,25,27,28,29). The van der Waals surface area contributed by atoms with E-state index < -0.39 is 0 Å². The Kier molecular flexibility index (Phi) is 5.64. The fourth-order valence-corrected chi connectivity index (χ4v) is 4.43. The summed E-state index contributed by atoms with van der Waals surface area (Å²) < 4.78 is 0. The topological polar surface area (TPSA) is 78.9 Å². The van der Waals surface area contributed by atoms with Crippen LogP contribution in [0.3, 0.4) is 0 Å². The molecule has 0 unspecified atom stereocenters. The first kappa shape index (κ1) is 19.5. The van der Waals surface area contributed by atoms with E-state index in [2.05, 4.69) is 32.7 Å². The molecule has 8 heteroatoms. The minimum absolute atomic E-state index is 0.357. The Hall–Kier alpha value is -2.51. The first-order valence-corrected chi connectivity index (χ1v) is 11.1. The molecule has 2 N–H and O–H groups in total. The highest BCUT2D eigenvalue weighted by Gasteiger charge is 2.25. The van der Waals surface area contributed by atoms with E-state index in [1.165, 1.54) is 12.8 Å². The Bertz CT molecular complexity index is 1010. The smallest absolute Gasteiger partial charge is 0.185 e. The van der Waals surface area contributed by atoms with Crippen LogP contribution in [-0.4, -0.2) is 46.1 Å². The van der Waals surface area contributed by atoms with E-state index in [1.54, 1.807) is 0 Å². The number of nitrogens with zero attached hydrogens (tertiary/aromatic N) is 5. The molecule has 2 aliphatic heterocycles. The van der Waals surface area contributed by atoms with Crippen molar-refractivity contribution >= 4 is 34.4 Å². The molecular formula is C22H26ClN7. The van der Waals surface area contributed by atoms with Crippen LogP contribution in [0.2, 0.25) is 5.15 Å². The summed E-state index contributed by atoms with van der Waals surface area (Å²) in [6, 6.07) is 10.2. The van der Waals surface area contributed by atoms with Crippen LogP contribution in [0.1, 0.15) is 43.0 Å². The van der Waals surface area contributed by atoms with E-state index in [0.29, 0.717) is 34.6 Å². The van der Waals surface area contributed by atoms with Gasteiger partial charge in [0.2, 0.25) is 0 Å². The molecule has 2 saturated heterocycles. The van der Waals surface area contributed by atoms with Crippen molar-refractivity contribution in [3.05, 3.63) is 46.9 Å². The van der Waals surface area contributed by atoms with Crippen molar-refractivity contribution in [3.63, 3.8) is 0 Å². The fourth-order valence-electron chi connectivity index (χ4n) is 4.24. The van der Waals surface area contributed by atoms with Crippen molar-refractivity contribution in [1.29, 1.82) is 0 Å². The first-order chi connectivity index (χ1) is 14.8. The number of halogens is 1. The molecule has 3 aromatic rings. The quantitative estimate of drug-likeness (QED) is 0.646. The summed E-state index contributed by atoms with van der Waals surface area (Å²) >= 11 is 6.52. The maximum absolute atomic E-state index is 6.52. The number of anilines is 2. The number of rotatable bonds is 5. The SMILES string of the molecule is Clc1nc2c(N3CCCC3)nc(C3CCNCC3)nc2nc1NCc1ccccc1. The van der Waals surface area contributed by atoms with Crippen LogP contribution >= 0.6 is 11.6 Å². The Morgan fingerprint density at radius 3 is 2.53 bits per heavy atom. The summed E-state index contributed by atoms with van der Waals surface area (Å²) in [5.74, 6) is 2.69. The minimum atomic E-state index is 0.357. The molecule has 0 aliphatic carbocycles. The normalized spacial score (nSPS) is 17.6. The van der Waals surface area contributed by atoms with Crippen LogP contribution in [0.25, 0.3) is 11.2 Å². The largest absolute Gasteiger partial charge is 0.363 e. The lowest BCUT2D eigenvalue weighted by atomic mass is 9.97. The van der Waals surface area contributed by atoms with Crippen LogP contribution in [0.4, 0.5) is 11.6 Å². The van der Waals surface area contributed by atoms with Gasteiger partial charge in [-0.2, -0.15) is 0 Å². The number of benzene rings is 1. The van der Waals surface area contributed by atoms with Crippen molar-refractivity contribution in [2.75, 3.05) is 36.4 Å². The van der Waals surface area contributed by atoms with Gasteiger partial charge in [0, 0.05) is 25.6 Å². The van der Waals surface area contributed by atoms with Gasteiger partial charge in [-0.05, 0) is 44.3 Å². The van der Waals surface area contributed by atoms with Crippen molar-refractivity contribution in [2.45, 2.75) is 38.1 Å². The molecule has 0 bridgehead atoms. The van der Waals surface area contributed by atoms with Crippen LogP contribution < -0.4 is 15.5 Å². The van der Waals surface area contributed by atoms with E-state index >= 15 is 0 Å². The Morgan fingerprint density at radius 2 is 1.77 bits per heavy atom. The van der Waals surface area contributed by atoms with Gasteiger partial charge in [0.25, 0.3) is 0 Å². The number of fused-ring (bicyclic) bond motifs is 1. The van der Waals surface area contributed by atoms with E-state index in [1.807, 2.05) is 18.2 Å². The zero-order valence-corrected chi connectivity index (χ0v) is 17.7. The van der Waals surface area contributed by atoms with Crippen LogP contribution in [0.5, 0.6) is 0 Å². The highest BCUT2D eigenvalue weighted by Crippen LogP contribution is 2.32. The fraction of sp³-hybridized carbons (Fsp3) is 0.455. The molecule has 0 spiro atoms. The average molecular weight is 424 g/mol. The zero-order valence-electron chi connectivity index (χ0n) is 16.9. The number of aromatic nitrogens is 4. The summed E-state index contributed by atoms with van der Waals surface area (Å²) in [6.45, 7) is 4.62. The molecule has 4 heterocycles. The second-order valence-electron chi connectivity index (χ2n) is 8.00. The predicted octanol–water partition coefficient (Wildman–Crippen LogP) is 3.75. The first-order valence-electron chi connectivity index (χ1n) is 10.8. The highest BCUT2D eigenvalue weighted by atomic mass is 35.5. The Balaban J connectivity index is 1.53. The molecule has 2 aromatic heterocycles. The third kappa shape index (κ3) is 4.04. The van der Waals surface area contributed by atoms with Crippen molar-refractivity contribution < 1.29 is 0 Å². The summed E-state index contributed by atoms with van der Waals surface area (Å²) in [6.07, 6.45) is 4.44. The lowest BCUT2D eigenvalue weighted by Crippen LogP contribution is -2.28. The van der Waals surface area contributed by atoms with Crippen molar-refractivity contribution in [1.82, 2.24) is 25.3 Å². The molecule has 2 aliphatic rings. The number of nitrogens with one attached hydrogen (secondary N) is 2. The van der Waals surface area contributed by atoms with E-state index in [-0.39, 0.29) is 0 Å². The predicted molar refractivity (Wildman–Crippen MR) is 120 cm³/mol. The number of hydrogen-bond donors (Lipinski definition) is 2. The summed E-state index contributed by atoms with van der Waals surface area (Å²) in [5.41, 5.74) is 2.48. The van der Waals surface area contributed by atoms with Crippen molar-refractivity contribution in [3.8, 4) is 0 Å². The molecule has 0 saturated carbocycles. The minimum Gasteiger partial charge on any atom is -0.363 e. The molecule has 0 atom stereocenters. The van der Waals surface area contributed by atoms with Gasteiger partial charge in [0.15, 0.2) is 28.0 Å². The van der Waals surface area contributed by atoms with Gasteiger partial charge >= 0.3 is 0 Å². The lowest BCUT2D eigenvalue weighted by Gasteiger charge is -2.24. The maximum atomic E-state index is 6.52. The average Bonchev–Trinajstić information content (AvgIpc) is 3.33. The molecule has 5 rings (SSSR count). The second kappa shape index (κ2) is 8.70. The Labute approximate surface area is 181 Å². The van der Waals surface area contributed by atoms with Gasteiger partial charge in [-0.15, -0.1) is 0 Å². The van der Waals surface area contributed by atoms with Crippen LogP contribution in [0.15, 0.2) is 30.3 Å². The molecule has 7 nitrogen and oxygen atoms in total. The second-order valence-corrected chi connectivity index (χ2v) is 8.36. The van der Waals surface area contributed by atoms with E-state index in [0.717, 1.165) is 56.2 Å². The summed E-state index contributed by atoms with van der Waals surface area (Å²) in [5, 5.41) is 7.10. The molecular weight excluding hydrogens is 398 g/mol. The molecule has 156 valence electrons. The number of hydrogen-bond acceptors (Lipinski definition) is 7. The van der Waals surface area contributed by atoms with E-state index in [4.69, 9.17) is 26.6 Å². The van der Waals surface area contributed by atoms with Gasteiger partial charge < -0.3 is 15.5 Å². The highest BCUT2D eigenvalue weighted by molar-refractivity contribution is 6.32.